The first-order valence-corrected chi connectivity index (χ1v) is 14.1. The lowest BCUT2D eigenvalue weighted by molar-refractivity contribution is 0.0704. The Morgan fingerprint density at radius 1 is 1.05 bits per heavy atom. The molecule has 41 heavy (non-hydrogen) atoms. The summed E-state index contributed by atoms with van der Waals surface area (Å²) in [5.74, 6) is 1.39. The highest BCUT2D eigenvalue weighted by Gasteiger charge is 2.26. The van der Waals surface area contributed by atoms with Crippen LogP contribution in [0.2, 0.25) is 0 Å². The minimum absolute atomic E-state index is 0.0576. The van der Waals surface area contributed by atoms with Crippen LogP contribution in [0.25, 0.3) is 22.2 Å². The third kappa shape index (κ3) is 5.56. The molecule has 0 spiro atoms. The highest BCUT2D eigenvalue weighted by molar-refractivity contribution is 5.96. The van der Waals surface area contributed by atoms with E-state index in [0.717, 1.165) is 64.9 Å². The van der Waals surface area contributed by atoms with Crippen LogP contribution in [0, 0.1) is 6.92 Å². The number of alkyl halides is 1. The van der Waals surface area contributed by atoms with Gasteiger partial charge in [-0.1, -0.05) is 6.07 Å². The van der Waals surface area contributed by atoms with Crippen LogP contribution in [0.15, 0.2) is 48.8 Å². The predicted molar refractivity (Wildman–Crippen MR) is 156 cm³/mol. The number of amides is 1. The first-order valence-electron chi connectivity index (χ1n) is 14.1. The molecule has 2 aromatic carbocycles. The van der Waals surface area contributed by atoms with E-state index in [1.165, 1.54) is 5.56 Å². The number of hydrogen-bond donors (Lipinski definition) is 1. The molecule has 1 saturated heterocycles. The van der Waals surface area contributed by atoms with Crippen molar-refractivity contribution in [1.82, 2.24) is 30.4 Å². The first kappa shape index (κ1) is 27.0. The van der Waals surface area contributed by atoms with E-state index in [0.29, 0.717) is 37.6 Å². The van der Waals surface area contributed by atoms with Gasteiger partial charge in [0.15, 0.2) is 0 Å². The Hall–Kier alpha value is -4.18. The number of aromatic nitrogens is 4. The van der Waals surface area contributed by atoms with Crippen molar-refractivity contribution in [2.24, 2.45) is 0 Å². The second kappa shape index (κ2) is 11.7. The molecule has 1 fully saturated rings. The molecule has 9 nitrogen and oxygen atoms in total. The fourth-order valence-corrected chi connectivity index (χ4v) is 5.91. The molecular formula is C31H34FN7O2. The summed E-state index contributed by atoms with van der Waals surface area (Å²) in [5.41, 5.74) is 6.74. The van der Waals surface area contributed by atoms with Gasteiger partial charge in [-0.05, 0) is 73.2 Å². The van der Waals surface area contributed by atoms with Crippen LogP contribution in [0.1, 0.15) is 39.9 Å². The van der Waals surface area contributed by atoms with Crippen molar-refractivity contribution >= 4 is 22.6 Å². The topological polar surface area (TPSA) is 96.4 Å². The molecule has 6 rings (SSSR count). The van der Waals surface area contributed by atoms with Crippen molar-refractivity contribution in [3.8, 4) is 17.1 Å². The fraction of sp³-hybridized carbons (Fsp3) is 0.387. The number of carbonyl (C=O) groups is 1. The summed E-state index contributed by atoms with van der Waals surface area (Å²) in [6, 6.07) is 14.2. The SMILES string of the molecule is COc1ccc(-c2cc(C)c3ncnc(N4CCc5ccc(C(=O)N6CCC(NCCF)CC6)cc5C4)c3c2)nn1. The van der Waals surface area contributed by atoms with Gasteiger partial charge < -0.3 is 19.9 Å². The van der Waals surface area contributed by atoms with Crippen molar-refractivity contribution in [2.45, 2.75) is 38.8 Å². The van der Waals surface area contributed by atoms with E-state index in [2.05, 4.69) is 43.6 Å². The first-order chi connectivity index (χ1) is 20.0. The molecule has 0 radical (unpaired) electrons. The summed E-state index contributed by atoms with van der Waals surface area (Å²) >= 11 is 0. The second-order valence-electron chi connectivity index (χ2n) is 10.7. The van der Waals surface area contributed by atoms with Crippen molar-refractivity contribution in [2.75, 3.05) is 44.9 Å². The predicted octanol–water partition coefficient (Wildman–Crippen LogP) is 4.13. The van der Waals surface area contributed by atoms with Crippen molar-refractivity contribution in [3.63, 3.8) is 0 Å². The highest BCUT2D eigenvalue weighted by Crippen LogP contribution is 2.33. The van der Waals surface area contributed by atoms with Gasteiger partial charge in [0.1, 0.15) is 18.8 Å². The van der Waals surface area contributed by atoms with Crippen LogP contribution in [-0.2, 0) is 13.0 Å². The molecule has 2 aliphatic heterocycles. The van der Waals surface area contributed by atoms with Gasteiger partial charge in [-0.25, -0.2) is 14.4 Å². The van der Waals surface area contributed by atoms with Crippen LogP contribution in [0.3, 0.4) is 0 Å². The Kier molecular flexibility index (Phi) is 7.74. The number of fused-ring (bicyclic) bond motifs is 2. The van der Waals surface area contributed by atoms with E-state index in [-0.39, 0.29) is 18.6 Å². The van der Waals surface area contributed by atoms with Crippen LogP contribution in [0.5, 0.6) is 5.88 Å². The number of nitrogens with zero attached hydrogens (tertiary/aromatic N) is 6. The van der Waals surface area contributed by atoms with Gasteiger partial charge >= 0.3 is 0 Å². The lowest BCUT2D eigenvalue weighted by atomic mass is 9.96. The lowest BCUT2D eigenvalue weighted by Crippen LogP contribution is -2.45. The zero-order chi connectivity index (χ0) is 28.3. The molecule has 0 atom stereocenters. The maximum absolute atomic E-state index is 13.4. The number of methoxy groups -OCH3 is 1. The molecule has 4 aromatic rings. The maximum Gasteiger partial charge on any atom is 0.253 e. The van der Waals surface area contributed by atoms with Gasteiger partial charge in [-0.2, -0.15) is 0 Å². The minimum Gasteiger partial charge on any atom is -0.480 e. The number of aryl methyl sites for hydroxylation is 1. The third-order valence-corrected chi connectivity index (χ3v) is 8.13. The lowest BCUT2D eigenvalue weighted by Gasteiger charge is -2.33. The molecule has 212 valence electrons. The number of piperidine rings is 1. The molecule has 1 amide bonds. The molecule has 0 unspecified atom stereocenters. The van der Waals surface area contributed by atoms with Gasteiger partial charge in [-0.3, -0.25) is 4.79 Å². The van der Waals surface area contributed by atoms with Gasteiger partial charge in [0.2, 0.25) is 5.88 Å². The number of benzene rings is 2. The summed E-state index contributed by atoms with van der Waals surface area (Å²) in [4.78, 5) is 26.9. The molecule has 2 aliphatic rings. The van der Waals surface area contributed by atoms with Gasteiger partial charge in [-0.15, -0.1) is 10.2 Å². The third-order valence-electron chi connectivity index (χ3n) is 8.13. The molecule has 1 N–H and O–H groups in total. The van der Waals surface area contributed by atoms with E-state index in [9.17, 15) is 9.18 Å². The minimum atomic E-state index is -0.367. The number of halogens is 1. The number of rotatable bonds is 7. The zero-order valence-corrected chi connectivity index (χ0v) is 23.4. The summed E-state index contributed by atoms with van der Waals surface area (Å²) in [7, 11) is 1.57. The quantitative estimate of drug-likeness (QED) is 0.364. The Bertz CT molecular complexity index is 1550. The van der Waals surface area contributed by atoms with E-state index in [1.54, 1.807) is 19.5 Å². The molecule has 4 heterocycles. The number of carbonyl (C=O) groups excluding carboxylic acids is 1. The standard InChI is InChI=1S/C31H34FN7O2/c1-20-15-23(27-5-6-28(41-2)37-36-27)17-26-29(20)34-19-35-30(26)39-12-7-21-3-4-22(16-24(21)18-39)31(40)38-13-8-25(9-14-38)33-11-10-32/h3-6,15-17,19,25,33H,7-14,18H2,1-2H3. The van der Waals surface area contributed by atoms with Crippen molar-refractivity contribution in [1.29, 1.82) is 0 Å². The monoisotopic (exact) mass is 555 g/mol. The number of hydrogen-bond acceptors (Lipinski definition) is 8. The number of nitrogens with one attached hydrogen (secondary N) is 1. The second-order valence-corrected chi connectivity index (χ2v) is 10.7. The van der Waals surface area contributed by atoms with Crippen LogP contribution >= 0.6 is 0 Å². The normalized spacial score (nSPS) is 15.7. The van der Waals surface area contributed by atoms with E-state index >= 15 is 0 Å². The van der Waals surface area contributed by atoms with Gasteiger partial charge in [0, 0.05) is 61.3 Å². The smallest absolute Gasteiger partial charge is 0.253 e. The van der Waals surface area contributed by atoms with Gasteiger partial charge in [0.25, 0.3) is 5.91 Å². The van der Waals surface area contributed by atoms with E-state index in [4.69, 9.17) is 9.72 Å². The average molecular weight is 556 g/mol. The molecular weight excluding hydrogens is 521 g/mol. The molecule has 10 heteroatoms. The van der Waals surface area contributed by atoms with Crippen molar-refractivity contribution < 1.29 is 13.9 Å². The highest BCUT2D eigenvalue weighted by atomic mass is 19.1. The summed E-state index contributed by atoms with van der Waals surface area (Å²) in [6.07, 6.45) is 4.17. The zero-order valence-electron chi connectivity index (χ0n) is 23.4. The fourth-order valence-electron chi connectivity index (χ4n) is 5.91. The number of likely N-dealkylation sites (tertiary alicyclic amines) is 1. The summed E-state index contributed by atoms with van der Waals surface area (Å²) < 4.78 is 17.7. The van der Waals surface area contributed by atoms with E-state index < -0.39 is 0 Å². The molecule has 0 aliphatic carbocycles. The maximum atomic E-state index is 13.4. The number of ether oxygens (including phenoxy) is 1. The Labute approximate surface area is 238 Å². The Balaban J connectivity index is 1.24. The van der Waals surface area contributed by atoms with Crippen molar-refractivity contribution in [3.05, 3.63) is 71.0 Å². The summed E-state index contributed by atoms with van der Waals surface area (Å²) in [6.45, 7) is 4.88. The average Bonchev–Trinajstić information content (AvgIpc) is 3.03. The Morgan fingerprint density at radius 3 is 2.66 bits per heavy atom. The summed E-state index contributed by atoms with van der Waals surface area (Å²) in [5, 5.41) is 12.7. The molecule has 0 bridgehead atoms. The van der Waals surface area contributed by atoms with Crippen LogP contribution < -0.4 is 15.0 Å². The molecule has 2 aromatic heterocycles. The molecule has 0 saturated carbocycles. The van der Waals surface area contributed by atoms with Crippen LogP contribution in [0.4, 0.5) is 10.2 Å². The number of anilines is 1. The van der Waals surface area contributed by atoms with E-state index in [1.807, 2.05) is 30.0 Å². The van der Waals surface area contributed by atoms with Crippen LogP contribution in [-0.4, -0.2) is 77.0 Å². The Morgan fingerprint density at radius 2 is 1.90 bits per heavy atom. The van der Waals surface area contributed by atoms with Gasteiger partial charge in [0.05, 0.1) is 18.3 Å². The largest absolute Gasteiger partial charge is 0.480 e.